The van der Waals surface area contributed by atoms with Gasteiger partial charge in [-0.2, -0.15) is 0 Å². The lowest BCUT2D eigenvalue weighted by Crippen LogP contribution is -2.32. The summed E-state index contributed by atoms with van der Waals surface area (Å²) in [5.74, 6) is 0.367. The first kappa shape index (κ1) is 31.6. The summed E-state index contributed by atoms with van der Waals surface area (Å²) in [7, 11) is 0. The van der Waals surface area contributed by atoms with Gasteiger partial charge in [-0.05, 0) is 104 Å². The van der Waals surface area contributed by atoms with Gasteiger partial charge in [0, 0.05) is 33.8 Å². The second-order valence-electron chi connectivity index (χ2n) is 16.6. The summed E-state index contributed by atoms with van der Waals surface area (Å²) in [5.41, 5.74) is 19.9. The fraction of sp³-hybridized carbons (Fsp3) is 0.170. The first-order chi connectivity index (χ1) is 26.4. The maximum atomic E-state index is 2.56. The molecule has 0 saturated carbocycles. The summed E-state index contributed by atoms with van der Waals surface area (Å²) in [4.78, 5) is 2.56. The van der Waals surface area contributed by atoms with Crippen LogP contribution in [0.15, 0.2) is 193 Å². The first-order valence-electron chi connectivity index (χ1n) is 19.6. The van der Waals surface area contributed by atoms with E-state index in [-0.39, 0.29) is 16.2 Å². The summed E-state index contributed by atoms with van der Waals surface area (Å²) < 4.78 is 0. The summed E-state index contributed by atoms with van der Waals surface area (Å²) in [6.07, 6.45) is 14.2. The zero-order chi connectivity index (χ0) is 36.2. The minimum absolute atomic E-state index is 0.0225. The van der Waals surface area contributed by atoms with E-state index in [1.165, 1.54) is 83.9 Å². The Hall–Kier alpha value is -5.92. The van der Waals surface area contributed by atoms with E-state index < -0.39 is 0 Å². The Morgan fingerprint density at radius 3 is 1.69 bits per heavy atom. The van der Waals surface area contributed by atoms with Gasteiger partial charge in [-0.1, -0.05) is 172 Å². The molecule has 0 bridgehead atoms. The highest BCUT2D eigenvalue weighted by molar-refractivity contribution is 5.95. The molecule has 1 heteroatoms. The minimum Gasteiger partial charge on any atom is -0.311 e. The van der Waals surface area contributed by atoms with Crippen molar-refractivity contribution in [3.8, 4) is 22.3 Å². The number of hydrogen-bond donors (Lipinski definition) is 0. The van der Waals surface area contributed by atoms with Crippen LogP contribution in [0.2, 0.25) is 0 Å². The van der Waals surface area contributed by atoms with E-state index in [1.54, 1.807) is 0 Å². The molecule has 0 aromatic heterocycles. The molecule has 2 atom stereocenters. The van der Waals surface area contributed by atoms with Crippen LogP contribution < -0.4 is 4.90 Å². The van der Waals surface area contributed by atoms with E-state index in [0.29, 0.717) is 5.92 Å². The molecule has 0 aliphatic heterocycles. The maximum absolute atomic E-state index is 2.56. The molecule has 260 valence electrons. The molecule has 0 heterocycles. The third kappa shape index (κ3) is 4.10. The zero-order valence-electron chi connectivity index (χ0n) is 31.2. The third-order valence-electron chi connectivity index (χ3n) is 13.5. The Morgan fingerprint density at radius 2 is 1.07 bits per heavy atom. The van der Waals surface area contributed by atoms with E-state index in [0.717, 1.165) is 12.8 Å². The lowest BCUT2D eigenvalue weighted by molar-refractivity contribution is 0.508. The van der Waals surface area contributed by atoms with Crippen molar-refractivity contribution in [2.45, 2.75) is 55.8 Å². The summed E-state index contributed by atoms with van der Waals surface area (Å²) in [6.45, 7) is 7.30. The SMILES string of the molecule is CC1(C)C2=CC(N(C3=CCC(c4ccccc4)C=C3)c3ccc4c(c3)C3(c5ccccc5-c5ccccc53)c3ccccc3-4)=CCC2(C)c2ccccc21. The van der Waals surface area contributed by atoms with E-state index in [4.69, 9.17) is 0 Å². The van der Waals surface area contributed by atoms with Gasteiger partial charge in [-0.3, -0.25) is 0 Å². The molecule has 0 fully saturated rings. The van der Waals surface area contributed by atoms with Crippen molar-refractivity contribution in [2.75, 3.05) is 4.90 Å². The van der Waals surface area contributed by atoms with Gasteiger partial charge in [-0.25, -0.2) is 0 Å². The van der Waals surface area contributed by atoms with Crippen LogP contribution in [0.4, 0.5) is 5.69 Å². The van der Waals surface area contributed by atoms with E-state index in [2.05, 4.69) is 202 Å². The third-order valence-corrected chi connectivity index (χ3v) is 13.5. The molecule has 6 aromatic rings. The molecule has 1 spiro atoms. The van der Waals surface area contributed by atoms with Gasteiger partial charge in [0.1, 0.15) is 0 Å². The molecule has 1 nitrogen and oxygen atoms in total. The van der Waals surface area contributed by atoms with Crippen LogP contribution >= 0.6 is 0 Å². The highest BCUT2D eigenvalue weighted by Crippen LogP contribution is 2.63. The van der Waals surface area contributed by atoms with Crippen molar-refractivity contribution >= 4 is 5.69 Å². The fourth-order valence-electron chi connectivity index (χ4n) is 11.1. The normalized spacial score (nSPS) is 21.5. The number of fused-ring (bicyclic) bond motifs is 13. The van der Waals surface area contributed by atoms with Gasteiger partial charge in [0.15, 0.2) is 0 Å². The van der Waals surface area contributed by atoms with Gasteiger partial charge >= 0.3 is 0 Å². The molecule has 0 N–H and O–H groups in total. The van der Waals surface area contributed by atoms with Crippen molar-refractivity contribution in [1.29, 1.82) is 0 Å². The van der Waals surface area contributed by atoms with Crippen molar-refractivity contribution in [1.82, 2.24) is 0 Å². The quantitative estimate of drug-likeness (QED) is 0.177. The van der Waals surface area contributed by atoms with Gasteiger partial charge in [0.25, 0.3) is 0 Å². The van der Waals surface area contributed by atoms with Crippen LogP contribution in [-0.4, -0.2) is 0 Å². The van der Waals surface area contributed by atoms with Crippen LogP contribution in [-0.2, 0) is 16.2 Å². The van der Waals surface area contributed by atoms with Crippen LogP contribution in [0.25, 0.3) is 22.3 Å². The van der Waals surface area contributed by atoms with Gasteiger partial charge in [-0.15, -0.1) is 0 Å². The summed E-state index contributed by atoms with van der Waals surface area (Å²) >= 11 is 0. The zero-order valence-corrected chi connectivity index (χ0v) is 31.2. The maximum Gasteiger partial charge on any atom is 0.0726 e. The Balaban J connectivity index is 1.12. The molecule has 5 aliphatic carbocycles. The Kier molecular flexibility index (Phi) is 6.61. The molecule has 6 aromatic carbocycles. The molecule has 0 radical (unpaired) electrons. The lowest BCUT2D eigenvalue weighted by atomic mass is 9.70. The van der Waals surface area contributed by atoms with E-state index in [1.807, 2.05) is 0 Å². The smallest absolute Gasteiger partial charge is 0.0726 e. The Labute approximate surface area is 319 Å². The predicted octanol–water partition coefficient (Wildman–Crippen LogP) is 12.9. The number of nitrogens with zero attached hydrogens (tertiary/aromatic N) is 1. The van der Waals surface area contributed by atoms with Crippen LogP contribution in [0.1, 0.15) is 78.5 Å². The van der Waals surface area contributed by atoms with Gasteiger partial charge < -0.3 is 4.90 Å². The van der Waals surface area contributed by atoms with Crippen molar-refractivity contribution in [3.63, 3.8) is 0 Å². The standard InChI is InChI=1S/C53H43N/c1-51(2)47-23-13-14-24-48(47)52(3)32-31-39(34-50(51)52)54(37-27-25-36(26-28-37)35-15-5-4-6-16-35)38-29-30-43-42-19-9-12-22-46(42)53(49(43)33-38)44-20-10-7-17-40(44)41-18-8-11-21-45(41)53/h4-25,27-31,33-34,36H,26,32H2,1-3H3. The lowest BCUT2D eigenvalue weighted by Gasteiger charge is -2.39. The fourth-order valence-corrected chi connectivity index (χ4v) is 11.1. The Morgan fingerprint density at radius 1 is 0.519 bits per heavy atom. The second-order valence-corrected chi connectivity index (χ2v) is 16.6. The monoisotopic (exact) mass is 693 g/mol. The van der Waals surface area contributed by atoms with Crippen LogP contribution in [0.5, 0.6) is 0 Å². The summed E-state index contributed by atoms with van der Waals surface area (Å²) in [6, 6.07) is 54.7. The molecule has 0 amide bonds. The average molecular weight is 694 g/mol. The number of hydrogen-bond acceptors (Lipinski definition) is 1. The number of rotatable bonds is 4. The topological polar surface area (TPSA) is 3.24 Å². The molecule has 2 unspecified atom stereocenters. The molecule has 5 aliphatic rings. The van der Waals surface area contributed by atoms with E-state index >= 15 is 0 Å². The molecular weight excluding hydrogens is 651 g/mol. The van der Waals surface area contributed by atoms with Crippen molar-refractivity contribution < 1.29 is 0 Å². The summed E-state index contributed by atoms with van der Waals surface area (Å²) in [5, 5.41) is 0. The van der Waals surface area contributed by atoms with Crippen molar-refractivity contribution in [2.24, 2.45) is 0 Å². The number of benzene rings is 6. The highest BCUT2D eigenvalue weighted by Gasteiger charge is 2.52. The highest BCUT2D eigenvalue weighted by atomic mass is 15.2. The molecular formula is C53H43N. The predicted molar refractivity (Wildman–Crippen MR) is 224 cm³/mol. The molecule has 54 heavy (non-hydrogen) atoms. The molecule has 11 rings (SSSR count). The second kappa shape index (κ2) is 11.3. The van der Waals surface area contributed by atoms with Gasteiger partial charge in [0.2, 0.25) is 0 Å². The Bertz CT molecular complexity index is 2600. The van der Waals surface area contributed by atoms with Crippen LogP contribution in [0, 0.1) is 0 Å². The van der Waals surface area contributed by atoms with Crippen LogP contribution in [0.3, 0.4) is 0 Å². The first-order valence-corrected chi connectivity index (χ1v) is 19.6. The van der Waals surface area contributed by atoms with Crippen molar-refractivity contribution in [3.05, 3.63) is 232 Å². The number of anilines is 1. The number of allylic oxidation sites excluding steroid dienone is 6. The van der Waals surface area contributed by atoms with Gasteiger partial charge in [0.05, 0.1) is 5.41 Å². The molecule has 0 saturated heterocycles. The average Bonchev–Trinajstić information content (AvgIpc) is 3.76. The minimum atomic E-state index is -0.386. The largest absolute Gasteiger partial charge is 0.311 e. The van der Waals surface area contributed by atoms with E-state index in [9.17, 15) is 0 Å².